The fourth-order valence-corrected chi connectivity index (χ4v) is 4.28. The number of anilines is 1. The number of amides is 2. The lowest BCUT2D eigenvalue weighted by Crippen LogP contribution is -2.38. The van der Waals surface area contributed by atoms with Gasteiger partial charge in [-0.3, -0.25) is 14.6 Å². The zero-order valence-electron chi connectivity index (χ0n) is 14.9. The average molecular weight is 382 g/mol. The molecule has 2 heterocycles. The smallest absolute Gasteiger partial charge is 0.295 e. The molecule has 2 fully saturated rings. The van der Waals surface area contributed by atoms with E-state index in [0.29, 0.717) is 23.7 Å². The Morgan fingerprint density at radius 1 is 1.19 bits per heavy atom. The first-order chi connectivity index (χ1) is 13.1. The molecular formula is C21H20ClN3O2. The summed E-state index contributed by atoms with van der Waals surface area (Å²) < 4.78 is 0. The molecule has 2 amide bonds. The third kappa shape index (κ3) is 3.52. The number of carbonyl (C=O) groups excluding carboxylic acids is 2. The van der Waals surface area contributed by atoms with Crippen LogP contribution in [0.3, 0.4) is 0 Å². The molecule has 2 aromatic rings. The summed E-state index contributed by atoms with van der Waals surface area (Å²) in [6.45, 7) is 0.667. The van der Waals surface area contributed by atoms with E-state index in [0.717, 1.165) is 37.1 Å². The zero-order valence-corrected chi connectivity index (χ0v) is 15.7. The van der Waals surface area contributed by atoms with E-state index in [4.69, 9.17) is 11.6 Å². The summed E-state index contributed by atoms with van der Waals surface area (Å²) in [5.41, 5.74) is 1.52. The summed E-state index contributed by atoms with van der Waals surface area (Å²) in [5, 5.41) is 0.619. The maximum absolute atomic E-state index is 13.2. The second-order valence-electron chi connectivity index (χ2n) is 7.20. The van der Waals surface area contributed by atoms with Crippen LogP contribution in [0.25, 0.3) is 0 Å². The van der Waals surface area contributed by atoms with Crippen LogP contribution in [0.1, 0.15) is 42.6 Å². The molecule has 2 aliphatic rings. The predicted molar refractivity (Wildman–Crippen MR) is 105 cm³/mol. The molecule has 6 heteroatoms. The average Bonchev–Trinajstić information content (AvgIpc) is 2.98. The minimum atomic E-state index is -0.455. The summed E-state index contributed by atoms with van der Waals surface area (Å²) in [6, 6.07) is 12.6. The molecular weight excluding hydrogens is 362 g/mol. The normalized spacial score (nSPS) is 24.0. The molecule has 1 aromatic heterocycles. The van der Waals surface area contributed by atoms with Gasteiger partial charge in [-0.2, -0.15) is 0 Å². The summed E-state index contributed by atoms with van der Waals surface area (Å²) in [7, 11) is 0. The van der Waals surface area contributed by atoms with Gasteiger partial charge in [-0.15, -0.1) is 0 Å². The highest BCUT2D eigenvalue weighted by Gasteiger charge is 2.48. The highest BCUT2D eigenvalue weighted by Crippen LogP contribution is 2.45. The lowest BCUT2D eigenvalue weighted by molar-refractivity contribution is -0.125. The summed E-state index contributed by atoms with van der Waals surface area (Å²) in [4.78, 5) is 35.8. The van der Waals surface area contributed by atoms with Crippen LogP contribution in [0, 0.1) is 5.41 Å². The van der Waals surface area contributed by atoms with Gasteiger partial charge < -0.3 is 4.90 Å². The monoisotopic (exact) mass is 381 g/mol. The van der Waals surface area contributed by atoms with Crippen molar-refractivity contribution in [3.63, 3.8) is 0 Å². The Bertz CT molecular complexity index is 913. The van der Waals surface area contributed by atoms with Crippen LogP contribution in [0.4, 0.5) is 5.69 Å². The molecule has 1 aliphatic carbocycles. The third-order valence-electron chi connectivity index (χ3n) is 5.44. The first-order valence-electron chi connectivity index (χ1n) is 9.17. The van der Waals surface area contributed by atoms with Crippen molar-refractivity contribution in [3.8, 4) is 0 Å². The highest BCUT2D eigenvalue weighted by atomic mass is 35.5. The van der Waals surface area contributed by atoms with Crippen molar-refractivity contribution >= 4 is 34.8 Å². The fourth-order valence-electron chi connectivity index (χ4n) is 4.09. The van der Waals surface area contributed by atoms with E-state index in [1.165, 1.54) is 0 Å². The first kappa shape index (κ1) is 17.9. The topological polar surface area (TPSA) is 62.6 Å². The number of carbonyl (C=O) groups is 2. The van der Waals surface area contributed by atoms with E-state index in [2.05, 4.69) is 9.98 Å². The molecule has 0 unspecified atom stereocenters. The van der Waals surface area contributed by atoms with Crippen molar-refractivity contribution in [1.29, 1.82) is 0 Å². The van der Waals surface area contributed by atoms with Crippen LogP contribution in [0.2, 0.25) is 5.02 Å². The molecule has 1 aliphatic heterocycles. The standard InChI is InChI=1S/C21H20ClN3O2/c22-15-5-3-7-17(13-15)25-12-10-21(20(25)27)9-4-6-16(14-21)24-19(26)18-8-1-2-11-23-18/h1-3,5,7-8,11,13H,4,6,9-10,12,14H2/t21-/m1/s1. The Labute approximate surface area is 163 Å². The van der Waals surface area contributed by atoms with Crippen molar-refractivity contribution in [2.45, 2.75) is 32.1 Å². The number of rotatable bonds is 2. The Morgan fingerprint density at radius 2 is 2.07 bits per heavy atom. The van der Waals surface area contributed by atoms with E-state index in [1.807, 2.05) is 23.1 Å². The van der Waals surface area contributed by atoms with E-state index in [1.54, 1.807) is 30.5 Å². The van der Waals surface area contributed by atoms with Gasteiger partial charge >= 0.3 is 0 Å². The Hall–Kier alpha value is -2.53. The number of hydrogen-bond donors (Lipinski definition) is 0. The zero-order chi connectivity index (χ0) is 18.9. The SMILES string of the molecule is O=C(N=C1CCC[C@@]2(CCN(c3cccc(Cl)c3)C2=O)C1)c1ccccn1. The number of aliphatic imine (C=N–C) groups is 1. The Kier molecular flexibility index (Phi) is 4.79. The highest BCUT2D eigenvalue weighted by molar-refractivity contribution is 6.31. The van der Waals surface area contributed by atoms with Gasteiger partial charge in [0.05, 0.1) is 5.41 Å². The molecule has 138 valence electrons. The molecule has 1 atom stereocenters. The summed E-state index contributed by atoms with van der Waals surface area (Å²) in [6.07, 6.45) is 5.35. The number of halogens is 1. The van der Waals surface area contributed by atoms with Crippen LogP contribution in [-0.2, 0) is 4.79 Å². The third-order valence-corrected chi connectivity index (χ3v) is 5.67. The van der Waals surface area contributed by atoms with Crippen LogP contribution in [-0.4, -0.2) is 29.1 Å². The molecule has 4 rings (SSSR count). The number of benzene rings is 1. The molecule has 1 aromatic carbocycles. The van der Waals surface area contributed by atoms with Gasteiger partial charge in [-0.05, 0) is 56.0 Å². The van der Waals surface area contributed by atoms with Crippen LogP contribution in [0.15, 0.2) is 53.7 Å². The van der Waals surface area contributed by atoms with Crippen molar-refractivity contribution in [3.05, 3.63) is 59.4 Å². The maximum atomic E-state index is 13.2. The van der Waals surface area contributed by atoms with Crippen molar-refractivity contribution < 1.29 is 9.59 Å². The molecule has 5 nitrogen and oxygen atoms in total. The second kappa shape index (κ2) is 7.24. The molecule has 1 saturated heterocycles. The fraction of sp³-hybridized carbons (Fsp3) is 0.333. The number of hydrogen-bond acceptors (Lipinski definition) is 3. The van der Waals surface area contributed by atoms with Gasteiger partial charge in [0.1, 0.15) is 5.69 Å². The van der Waals surface area contributed by atoms with Gasteiger partial charge in [0, 0.05) is 35.6 Å². The van der Waals surface area contributed by atoms with Gasteiger partial charge in [0.15, 0.2) is 0 Å². The van der Waals surface area contributed by atoms with Gasteiger partial charge in [0.2, 0.25) is 5.91 Å². The largest absolute Gasteiger partial charge is 0.312 e. The second-order valence-corrected chi connectivity index (χ2v) is 7.63. The molecule has 1 saturated carbocycles. The maximum Gasteiger partial charge on any atom is 0.295 e. The molecule has 0 radical (unpaired) electrons. The lowest BCUT2D eigenvalue weighted by atomic mass is 9.72. The number of nitrogens with zero attached hydrogens (tertiary/aromatic N) is 3. The van der Waals surface area contributed by atoms with Gasteiger partial charge in [-0.25, -0.2) is 4.99 Å². The lowest BCUT2D eigenvalue weighted by Gasteiger charge is -2.32. The van der Waals surface area contributed by atoms with Crippen molar-refractivity contribution in [1.82, 2.24) is 4.98 Å². The van der Waals surface area contributed by atoms with Crippen molar-refractivity contribution in [2.75, 3.05) is 11.4 Å². The van der Waals surface area contributed by atoms with Crippen LogP contribution < -0.4 is 4.90 Å². The number of aromatic nitrogens is 1. The minimum Gasteiger partial charge on any atom is -0.312 e. The molecule has 1 spiro atoms. The van der Waals surface area contributed by atoms with Crippen molar-refractivity contribution in [2.24, 2.45) is 10.4 Å². The predicted octanol–water partition coefficient (Wildman–Crippen LogP) is 4.31. The Balaban J connectivity index is 1.55. The van der Waals surface area contributed by atoms with E-state index < -0.39 is 5.41 Å². The van der Waals surface area contributed by atoms with Gasteiger partial charge in [-0.1, -0.05) is 23.7 Å². The van der Waals surface area contributed by atoms with Crippen LogP contribution in [0.5, 0.6) is 0 Å². The van der Waals surface area contributed by atoms with E-state index >= 15 is 0 Å². The van der Waals surface area contributed by atoms with Crippen LogP contribution >= 0.6 is 11.6 Å². The quantitative estimate of drug-likeness (QED) is 0.778. The summed E-state index contributed by atoms with van der Waals surface area (Å²) in [5.74, 6) is -0.220. The molecule has 27 heavy (non-hydrogen) atoms. The Morgan fingerprint density at radius 3 is 2.85 bits per heavy atom. The number of pyridine rings is 1. The van der Waals surface area contributed by atoms with Gasteiger partial charge in [0.25, 0.3) is 5.91 Å². The van der Waals surface area contributed by atoms with E-state index in [9.17, 15) is 9.59 Å². The minimum absolute atomic E-state index is 0.113. The summed E-state index contributed by atoms with van der Waals surface area (Å²) >= 11 is 6.09. The first-order valence-corrected chi connectivity index (χ1v) is 9.55. The van der Waals surface area contributed by atoms with E-state index in [-0.39, 0.29) is 11.8 Å². The molecule has 0 bridgehead atoms. The molecule has 0 N–H and O–H groups in total.